The van der Waals surface area contributed by atoms with Gasteiger partial charge >= 0.3 is 5.69 Å². The Morgan fingerprint density at radius 2 is 2.30 bits per heavy atom. The summed E-state index contributed by atoms with van der Waals surface area (Å²) in [5, 5.41) is 25.0. The zero-order chi connectivity index (χ0) is 15.0. The third-order valence-electron chi connectivity index (χ3n) is 2.41. The Morgan fingerprint density at radius 3 is 2.90 bits per heavy atom. The molecule has 0 bridgehead atoms. The van der Waals surface area contributed by atoms with Gasteiger partial charge in [0.05, 0.1) is 18.1 Å². The minimum atomic E-state index is -0.649. The number of nitro benzene ring substituents is 1. The van der Waals surface area contributed by atoms with Gasteiger partial charge < -0.3 is 15.4 Å². The monoisotopic (exact) mass is 278 g/mol. The number of nitro groups is 1. The van der Waals surface area contributed by atoms with E-state index in [9.17, 15) is 14.9 Å². The second-order valence-electron chi connectivity index (χ2n) is 3.77. The highest BCUT2D eigenvalue weighted by molar-refractivity contribution is 5.82. The number of ether oxygens (including phenoxy) is 1. The van der Waals surface area contributed by atoms with Crippen molar-refractivity contribution in [1.29, 1.82) is 5.26 Å². The molecule has 8 nitrogen and oxygen atoms in total. The lowest BCUT2D eigenvalue weighted by Gasteiger charge is -2.08. The van der Waals surface area contributed by atoms with E-state index in [0.29, 0.717) is 13.2 Å². The van der Waals surface area contributed by atoms with Crippen LogP contribution in [-0.2, 0) is 9.53 Å². The molecule has 0 saturated carbocycles. The molecule has 0 atom stereocenters. The summed E-state index contributed by atoms with van der Waals surface area (Å²) in [5.41, 5.74) is -0.254. The van der Waals surface area contributed by atoms with Crippen LogP contribution < -0.4 is 10.6 Å². The Kier molecular flexibility index (Phi) is 5.93. The molecule has 1 aromatic carbocycles. The molecule has 1 amide bonds. The third kappa shape index (κ3) is 4.22. The molecule has 1 rings (SSSR count). The molecule has 0 saturated heterocycles. The van der Waals surface area contributed by atoms with Crippen LogP contribution in [0.4, 0.5) is 11.4 Å². The number of rotatable bonds is 7. The highest BCUT2D eigenvalue weighted by atomic mass is 16.6. The van der Waals surface area contributed by atoms with Crippen molar-refractivity contribution < 1.29 is 14.5 Å². The molecule has 106 valence electrons. The van der Waals surface area contributed by atoms with Crippen molar-refractivity contribution in [3.8, 4) is 6.07 Å². The van der Waals surface area contributed by atoms with Crippen LogP contribution in [0, 0.1) is 21.4 Å². The summed E-state index contributed by atoms with van der Waals surface area (Å²) in [6, 6.07) is 6.05. The minimum absolute atomic E-state index is 0.0557. The van der Waals surface area contributed by atoms with E-state index < -0.39 is 4.92 Å². The van der Waals surface area contributed by atoms with E-state index in [4.69, 9.17) is 10.00 Å². The fourth-order valence-corrected chi connectivity index (χ4v) is 1.50. The number of benzene rings is 1. The zero-order valence-electron chi connectivity index (χ0n) is 10.9. The summed E-state index contributed by atoms with van der Waals surface area (Å²) in [7, 11) is 1.52. The Balaban J connectivity index is 2.71. The van der Waals surface area contributed by atoms with Crippen LogP contribution in [0.3, 0.4) is 0 Å². The van der Waals surface area contributed by atoms with Crippen LogP contribution in [0.15, 0.2) is 18.2 Å². The molecule has 20 heavy (non-hydrogen) atoms. The first kappa shape index (κ1) is 15.4. The molecule has 0 heterocycles. The molecule has 0 aliphatic rings. The van der Waals surface area contributed by atoms with Gasteiger partial charge in [0.15, 0.2) is 0 Å². The topological polar surface area (TPSA) is 117 Å². The van der Waals surface area contributed by atoms with Gasteiger partial charge in [-0.25, -0.2) is 0 Å². The number of carbonyl (C=O) groups is 1. The summed E-state index contributed by atoms with van der Waals surface area (Å²) in [6.07, 6.45) is 0. The number of methoxy groups -OCH3 is 1. The largest absolute Gasteiger partial charge is 0.383 e. The van der Waals surface area contributed by atoms with E-state index in [1.807, 2.05) is 0 Å². The molecule has 0 aliphatic heterocycles. The highest BCUT2D eigenvalue weighted by Crippen LogP contribution is 2.27. The van der Waals surface area contributed by atoms with E-state index >= 15 is 0 Å². The number of nitrogens with one attached hydrogen (secondary N) is 2. The van der Waals surface area contributed by atoms with Crippen LogP contribution in [0.5, 0.6) is 0 Å². The van der Waals surface area contributed by atoms with Crippen LogP contribution >= 0.6 is 0 Å². The summed E-state index contributed by atoms with van der Waals surface area (Å²) >= 11 is 0. The maximum atomic E-state index is 11.5. The molecular formula is C12H14N4O4. The number of anilines is 1. The first-order valence-corrected chi connectivity index (χ1v) is 5.77. The maximum Gasteiger partial charge on any atom is 0.309 e. The number of hydrogen-bond acceptors (Lipinski definition) is 6. The molecule has 8 heteroatoms. The second-order valence-corrected chi connectivity index (χ2v) is 3.77. The first-order valence-electron chi connectivity index (χ1n) is 5.77. The molecule has 0 spiro atoms. The van der Waals surface area contributed by atoms with Crippen LogP contribution in [0.25, 0.3) is 0 Å². The van der Waals surface area contributed by atoms with Crippen LogP contribution in [0.2, 0.25) is 0 Å². The summed E-state index contributed by atoms with van der Waals surface area (Å²) in [6.45, 7) is 0.618. The maximum absolute atomic E-state index is 11.5. The Morgan fingerprint density at radius 1 is 1.55 bits per heavy atom. The van der Waals surface area contributed by atoms with Crippen molar-refractivity contribution in [2.75, 3.05) is 32.1 Å². The summed E-state index contributed by atoms with van der Waals surface area (Å²) in [5.74, 6) is -0.321. The third-order valence-corrected chi connectivity index (χ3v) is 2.41. The van der Waals surface area contributed by atoms with Gasteiger partial charge in [-0.3, -0.25) is 14.9 Å². The molecule has 0 aliphatic carbocycles. The normalized spacial score (nSPS) is 9.60. The second kappa shape index (κ2) is 7.70. The van der Waals surface area contributed by atoms with Crippen molar-refractivity contribution in [2.45, 2.75) is 0 Å². The molecule has 2 N–H and O–H groups in total. The number of nitriles is 1. The molecule has 1 aromatic rings. The fraction of sp³-hybridized carbons (Fsp3) is 0.333. The number of para-hydroxylation sites is 1. The number of nitrogens with zero attached hydrogens (tertiary/aromatic N) is 2. The predicted octanol–water partition coefficient (Wildman–Crippen LogP) is 0.641. The zero-order valence-corrected chi connectivity index (χ0v) is 10.9. The van der Waals surface area contributed by atoms with Gasteiger partial charge in [-0.15, -0.1) is 0 Å². The molecule has 0 aromatic heterocycles. The van der Waals surface area contributed by atoms with Crippen molar-refractivity contribution >= 4 is 17.3 Å². The van der Waals surface area contributed by atoms with E-state index in [1.54, 1.807) is 6.07 Å². The van der Waals surface area contributed by atoms with Gasteiger partial charge in [-0.1, -0.05) is 6.07 Å². The van der Waals surface area contributed by atoms with Crippen molar-refractivity contribution in [3.05, 3.63) is 33.9 Å². The van der Waals surface area contributed by atoms with E-state index in [-0.39, 0.29) is 29.4 Å². The van der Waals surface area contributed by atoms with Crippen molar-refractivity contribution in [1.82, 2.24) is 5.32 Å². The molecule has 0 fully saturated rings. The average Bonchev–Trinajstić information content (AvgIpc) is 2.44. The number of hydrogen-bond donors (Lipinski definition) is 2. The van der Waals surface area contributed by atoms with Gasteiger partial charge in [-0.05, 0) is 12.1 Å². The quantitative estimate of drug-likeness (QED) is 0.429. The lowest BCUT2D eigenvalue weighted by Crippen LogP contribution is -2.32. The van der Waals surface area contributed by atoms with Crippen molar-refractivity contribution in [3.63, 3.8) is 0 Å². The van der Waals surface area contributed by atoms with E-state index in [2.05, 4.69) is 10.6 Å². The standard InChI is InChI=1S/C12H14N4O4/c1-20-6-5-14-11(17)8-15-10-4-2-3-9(7-13)12(10)16(18)19/h2-4,15H,5-6,8H2,1H3,(H,14,17). The van der Waals surface area contributed by atoms with Crippen molar-refractivity contribution in [2.24, 2.45) is 0 Å². The summed E-state index contributed by atoms with van der Waals surface area (Å²) < 4.78 is 4.78. The van der Waals surface area contributed by atoms with E-state index in [0.717, 1.165) is 0 Å². The fourth-order valence-electron chi connectivity index (χ4n) is 1.50. The van der Waals surface area contributed by atoms with Gasteiger partial charge in [0.2, 0.25) is 5.91 Å². The Labute approximate surface area is 115 Å². The smallest absolute Gasteiger partial charge is 0.309 e. The Hall–Kier alpha value is -2.66. The average molecular weight is 278 g/mol. The van der Waals surface area contributed by atoms with E-state index in [1.165, 1.54) is 25.3 Å². The Bertz CT molecular complexity index is 539. The van der Waals surface area contributed by atoms with Crippen LogP contribution in [0.1, 0.15) is 5.56 Å². The number of carbonyl (C=O) groups excluding carboxylic acids is 1. The minimum Gasteiger partial charge on any atom is -0.383 e. The van der Waals surface area contributed by atoms with Gasteiger partial charge in [0, 0.05) is 13.7 Å². The first-order chi connectivity index (χ1) is 9.60. The molecular weight excluding hydrogens is 264 g/mol. The lowest BCUT2D eigenvalue weighted by molar-refractivity contribution is -0.384. The number of amides is 1. The van der Waals surface area contributed by atoms with Gasteiger partial charge in [0.1, 0.15) is 17.3 Å². The highest BCUT2D eigenvalue weighted by Gasteiger charge is 2.19. The summed E-state index contributed by atoms with van der Waals surface area (Å²) in [4.78, 5) is 21.8. The van der Waals surface area contributed by atoms with Crippen LogP contribution in [-0.4, -0.2) is 37.6 Å². The lowest BCUT2D eigenvalue weighted by atomic mass is 10.1. The van der Waals surface area contributed by atoms with Gasteiger partial charge in [-0.2, -0.15) is 5.26 Å². The molecule has 0 unspecified atom stereocenters. The SMILES string of the molecule is COCCNC(=O)CNc1cccc(C#N)c1[N+](=O)[O-]. The molecule has 0 radical (unpaired) electrons. The van der Waals surface area contributed by atoms with Gasteiger partial charge in [0.25, 0.3) is 0 Å². The predicted molar refractivity (Wildman–Crippen MR) is 71.2 cm³/mol.